The molecule has 0 spiro atoms. The van der Waals surface area contributed by atoms with Crippen molar-refractivity contribution < 1.29 is 13.2 Å². The molecule has 2 rings (SSSR count). The quantitative estimate of drug-likeness (QED) is 0.776. The maximum atomic E-state index is 12.2. The molecule has 2 atom stereocenters. The van der Waals surface area contributed by atoms with Crippen LogP contribution in [-0.4, -0.2) is 57.3 Å². The molecule has 8 nitrogen and oxygen atoms in total. The Kier molecular flexibility index (Phi) is 4.81. The Morgan fingerprint density at radius 2 is 2.14 bits per heavy atom. The van der Waals surface area contributed by atoms with Gasteiger partial charge < -0.3 is 5.32 Å². The molecular formula is C12H21N5O3S2. The molecule has 1 amide bonds. The standard InChI is InChI=1S/C12H21N5O3S2/c1-8(10(18)13-9-5-6-22(19,20)7-9)21-11-14-15-16-17(11)12(2,3)4/h8-9H,5-7H2,1-4H3,(H,13,18)/t8-,9-/m0/s1. The van der Waals surface area contributed by atoms with Crippen LogP contribution in [0.4, 0.5) is 0 Å². The number of aromatic nitrogens is 4. The summed E-state index contributed by atoms with van der Waals surface area (Å²) in [5, 5.41) is 14.5. The van der Waals surface area contributed by atoms with Gasteiger partial charge in [0.05, 0.1) is 22.3 Å². The Morgan fingerprint density at radius 3 is 2.68 bits per heavy atom. The van der Waals surface area contributed by atoms with E-state index in [2.05, 4.69) is 20.8 Å². The Balaban J connectivity index is 1.96. The van der Waals surface area contributed by atoms with Crippen molar-refractivity contribution in [1.82, 2.24) is 25.5 Å². The highest BCUT2D eigenvalue weighted by Crippen LogP contribution is 2.25. The van der Waals surface area contributed by atoms with Crippen LogP contribution < -0.4 is 5.32 Å². The van der Waals surface area contributed by atoms with Gasteiger partial charge in [-0.2, -0.15) is 0 Å². The average Bonchev–Trinajstić information content (AvgIpc) is 2.95. The van der Waals surface area contributed by atoms with E-state index in [-0.39, 0.29) is 29.0 Å². The molecule has 1 fully saturated rings. The van der Waals surface area contributed by atoms with Crippen LogP contribution in [0.3, 0.4) is 0 Å². The predicted octanol–water partition coefficient (Wildman–Crippen LogP) is 0.212. The summed E-state index contributed by atoms with van der Waals surface area (Å²) in [5.41, 5.74) is -0.276. The Morgan fingerprint density at radius 1 is 1.45 bits per heavy atom. The molecule has 0 bridgehead atoms. The third-order valence-electron chi connectivity index (χ3n) is 3.31. The van der Waals surface area contributed by atoms with Gasteiger partial charge in [0, 0.05) is 6.04 Å². The maximum Gasteiger partial charge on any atom is 0.233 e. The number of rotatable bonds is 4. The molecular weight excluding hydrogens is 326 g/mol. The third-order valence-corrected chi connectivity index (χ3v) is 6.11. The molecule has 0 aromatic carbocycles. The second-order valence-corrected chi connectivity index (χ2v) is 9.95. The van der Waals surface area contributed by atoms with Gasteiger partial charge in [-0.15, -0.1) is 5.10 Å². The number of hydrogen-bond acceptors (Lipinski definition) is 7. The van der Waals surface area contributed by atoms with Gasteiger partial charge in [0.25, 0.3) is 0 Å². The van der Waals surface area contributed by atoms with Gasteiger partial charge in [-0.05, 0) is 44.5 Å². The van der Waals surface area contributed by atoms with Crippen LogP contribution in [0.2, 0.25) is 0 Å². The van der Waals surface area contributed by atoms with Crippen molar-refractivity contribution in [3.63, 3.8) is 0 Å². The van der Waals surface area contributed by atoms with Gasteiger partial charge in [0.2, 0.25) is 11.1 Å². The largest absolute Gasteiger partial charge is 0.351 e. The molecule has 22 heavy (non-hydrogen) atoms. The first-order valence-corrected chi connectivity index (χ1v) is 9.75. The summed E-state index contributed by atoms with van der Waals surface area (Å²) in [6, 6.07) is -0.292. The lowest BCUT2D eigenvalue weighted by molar-refractivity contribution is -0.120. The molecule has 0 unspecified atom stereocenters. The van der Waals surface area contributed by atoms with E-state index in [1.165, 1.54) is 11.8 Å². The number of carbonyl (C=O) groups excluding carboxylic acids is 1. The Labute approximate surface area is 134 Å². The Bertz CT molecular complexity index is 650. The molecule has 10 heteroatoms. The molecule has 1 N–H and O–H groups in total. The zero-order valence-electron chi connectivity index (χ0n) is 13.1. The van der Waals surface area contributed by atoms with E-state index in [0.717, 1.165) is 0 Å². The minimum absolute atomic E-state index is 0.0237. The molecule has 1 aliphatic rings. The second-order valence-electron chi connectivity index (χ2n) is 6.41. The first kappa shape index (κ1) is 17.2. The summed E-state index contributed by atoms with van der Waals surface area (Å²) in [7, 11) is -3.00. The molecule has 1 aromatic rings. The second kappa shape index (κ2) is 6.15. The van der Waals surface area contributed by atoms with Crippen LogP contribution in [-0.2, 0) is 20.2 Å². The zero-order chi connectivity index (χ0) is 16.5. The van der Waals surface area contributed by atoms with E-state index < -0.39 is 15.1 Å². The lowest BCUT2D eigenvalue weighted by Crippen LogP contribution is -2.40. The van der Waals surface area contributed by atoms with E-state index in [4.69, 9.17) is 0 Å². The Hall–Kier alpha value is -1.16. The van der Waals surface area contributed by atoms with Crippen molar-refractivity contribution in [1.29, 1.82) is 0 Å². The minimum atomic E-state index is -3.00. The van der Waals surface area contributed by atoms with Crippen molar-refractivity contribution >= 4 is 27.5 Å². The van der Waals surface area contributed by atoms with Gasteiger partial charge in [-0.1, -0.05) is 11.8 Å². The summed E-state index contributed by atoms with van der Waals surface area (Å²) in [4.78, 5) is 12.2. The van der Waals surface area contributed by atoms with Crippen LogP contribution >= 0.6 is 11.8 Å². The van der Waals surface area contributed by atoms with Crippen molar-refractivity contribution in [2.75, 3.05) is 11.5 Å². The van der Waals surface area contributed by atoms with Crippen LogP contribution in [0.1, 0.15) is 34.1 Å². The number of nitrogens with zero attached hydrogens (tertiary/aromatic N) is 4. The van der Waals surface area contributed by atoms with Crippen molar-refractivity contribution in [2.45, 2.75) is 56.1 Å². The SMILES string of the molecule is C[C@H](Sc1nnnn1C(C)(C)C)C(=O)N[C@H]1CCS(=O)(=O)C1. The predicted molar refractivity (Wildman–Crippen MR) is 83.3 cm³/mol. The van der Waals surface area contributed by atoms with Gasteiger partial charge in [-0.25, -0.2) is 13.1 Å². The van der Waals surface area contributed by atoms with Crippen molar-refractivity contribution in [3.05, 3.63) is 0 Å². The van der Waals surface area contributed by atoms with Crippen molar-refractivity contribution in [3.8, 4) is 0 Å². The molecule has 1 aromatic heterocycles. The molecule has 1 saturated heterocycles. The summed E-state index contributed by atoms with van der Waals surface area (Å²) >= 11 is 1.26. The van der Waals surface area contributed by atoms with Crippen LogP contribution in [0.5, 0.6) is 0 Å². The summed E-state index contributed by atoms with van der Waals surface area (Å²) in [6.07, 6.45) is 0.477. The number of amides is 1. The molecule has 0 aliphatic carbocycles. The van der Waals surface area contributed by atoms with Gasteiger partial charge >= 0.3 is 0 Å². The van der Waals surface area contributed by atoms with E-state index >= 15 is 0 Å². The highest BCUT2D eigenvalue weighted by molar-refractivity contribution is 8.00. The number of tetrazole rings is 1. The summed E-state index contributed by atoms with van der Waals surface area (Å²) in [6.45, 7) is 7.68. The first-order chi connectivity index (χ1) is 10.1. The fraction of sp³-hybridized carbons (Fsp3) is 0.833. The maximum absolute atomic E-state index is 12.2. The monoisotopic (exact) mass is 347 g/mol. The number of nitrogens with one attached hydrogen (secondary N) is 1. The lowest BCUT2D eigenvalue weighted by atomic mass is 10.1. The van der Waals surface area contributed by atoms with Gasteiger partial charge in [0.15, 0.2) is 9.84 Å². The molecule has 2 heterocycles. The average molecular weight is 347 g/mol. The van der Waals surface area contributed by atoms with E-state index in [1.807, 2.05) is 20.8 Å². The van der Waals surface area contributed by atoms with Gasteiger partial charge in [0.1, 0.15) is 0 Å². The first-order valence-electron chi connectivity index (χ1n) is 7.05. The van der Waals surface area contributed by atoms with Crippen LogP contribution in [0, 0.1) is 0 Å². The highest BCUT2D eigenvalue weighted by atomic mass is 32.2. The normalized spacial score (nSPS) is 22.5. The smallest absolute Gasteiger partial charge is 0.233 e. The zero-order valence-corrected chi connectivity index (χ0v) is 14.7. The fourth-order valence-corrected chi connectivity index (χ4v) is 4.77. The molecule has 0 saturated carbocycles. The number of sulfone groups is 1. The van der Waals surface area contributed by atoms with Crippen LogP contribution in [0.15, 0.2) is 5.16 Å². The van der Waals surface area contributed by atoms with E-state index in [0.29, 0.717) is 11.6 Å². The van der Waals surface area contributed by atoms with Crippen LogP contribution in [0.25, 0.3) is 0 Å². The van der Waals surface area contributed by atoms with Gasteiger partial charge in [-0.3, -0.25) is 4.79 Å². The third kappa shape index (κ3) is 4.19. The minimum Gasteiger partial charge on any atom is -0.351 e. The molecule has 1 aliphatic heterocycles. The summed E-state index contributed by atoms with van der Waals surface area (Å²) in [5.74, 6) is -0.0343. The number of hydrogen-bond donors (Lipinski definition) is 1. The highest BCUT2D eigenvalue weighted by Gasteiger charge is 2.31. The van der Waals surface area contributed by atoms with E-state index in [1.54, 1.807) is 11.6 Å². The number of thioether (sulfide) groups is 1. The fourth-order valence-electron chi connectivity index (χ4n) is 2.11. The molecule has 0 radical (unpaired) electrons. The number of carbonyl (C=O) groups is 1. The van der Waals surface area contributed by atoms with E-state index in [9.17, 15) is 13.2 Å². The lowest BCUT2D eigenvalue weighted by Gasteiger charge is -2.21. The summed E-state index contributed by atoms with van der Waals surface area (Å²) < 4.78 is 24.5. The topological polar surface area (TPSA) is 107 Å². The van der Waals surface area contributed by atoms with Crippen molar-refractivity contribution in [2.24, 2.45) is 0 Å². The molecule has 124 valence electrons.